The van der Waals surface area contributed by atoms with Gasteiger partial charge >= 0.3 is 5.97 Å². The van der Waals surface area contributed by atoms with Gasteiger partial charge in [0.05, 0.1) is 18.3 Å². The molecule has 7 atom stereocenters. The van der Waals surface area contributed by atoms with E-state index >= 15 is 0 Å². The lowest BCUT2D eigenvalue weighted by Crippen LogP contribution is -2.52. The molecule has 0 aromatic heterocycles. The molecule has 5 nitrogen and oxygen atoms in total. The second-order valence-electron chi connectivity index (χ2n) is 11.4. The number of ether oxygens (including phenoxy) is 2. The standard InChI is InChI=1S/C32H50O5/c1-7-8-9-10-30-27(15-11-23(2)3)20-22-32(37-30)21-19-26(6)29(36-32)17-13-24(4)12-16-28(33)25(5)14-18-31(34)35/h7-10,12-14,16,18,23,25-30,33H,11,15,17,19-22H2,1-6H3,(H,34,35). The lowest BCUT2D eigenvalue weighted by atomic mass is 9.81. The van der Waals surface area contributed by atoms with E-state index in [1.54, 1.807) is 13.0 Å². The molecule has 0 bridgehead atoms. The van der Waals surface area contributed by atoms with Crippen LogP contribution in [0.3, 0.4) is 0 Å². The molecule has 37 heavy (non-hydrogen) atoms. The number of allylic oxidation sites excluding steroid dienone is 5. The zero-order valence-corrected chi connectivity index (χ0v) is 23.8. The molecule has 2 fully saturated rings. The van der Waals surface area contributed by atoms with E-state index in [-0.39, 0.29) is 18.1 Å². The number of aliphatic carboxylic acids is 1. The van der Waals surface area contributed by atoms with Crippen molar-refractivity contribution in [3.63, 3.8) is 0 Å². The summed E-state index contributed by atoms with van der Waals surface area (Å²) in [5, 5.41) is 19.1. The SMILES string of the molecule is CC=CC=CC1OC2(CCC(C)C(CC=C(C)C=CC(O)C(C)C=CC(=O)O)O2)CCC1CCC(C)C. The molecule has 2 aliphatic rings. The van der Waals surface area contributed by atoms with Crippen LogP contribution in [0, 0.1) is 23.7 Å². The number of carboxylic acid groups (broad SMARTS) is 1. The summed E-state index contributed by atoms with van der Waals surface area (Å²) in [7, 11) is 0. The third-order valence-corrected chi connectivity index (χ3v) is 7.72. The topological polar surface area (TPSA) is 76.0 Å². The van der Waals surface area contributed by atoms with Crippen LogP contribution in [-0.2, 0) is 14.3 Å². The van der Waals surface area contributed by atoms with Crippen molar-refractivity contribution in [3.8, 4) is 0 Å². The van der Waals surface area contributed by atoms with Crippen molar-refractivity contribution in [1.82, 2.24) is 0 Å². The van der Waals surface area contributed by atoms with E-state index in [0.717, 1.165) is 43.8 Å². The van der Waals surface area contributed by atoms with Gasteiger partial charge in [-0.15, -0.1) is 0 Å². The maximum atomic E-state index is 10.7. The van der Waals surface area contributed by atoms with Gasteiger partial charge in [0.1, 0.15) is 0 Å². The van der Waals surface area contributed by atoms with Gasteiger partial charge in [0.15, 0.2) is 5.79 Å². The molecule has 7 unspecified atom stereocenters. The second kappa shape index (κ2) is 15.5. The second-order valence-corrected chi connectivity index (χ2v) is 11.4. The average Bonchev–Trinajstić information content (AvgIpc) is 2.86. The van der Waals surface area contributed by atoms with Gasteiger partial charge in [0.25, 0.3) is 0 Å². The fourth-order valence-corrected chi connectivity index (χ4v) is 5.09. The monoisotopic (exact) mass is 514 g/mol. The molecule has 208 valence electrons. The smallest absolute Gasteiger partial charge is 0.327 e. The first kappa shape index (κ1) is 31.3. The largest absolute Gasteiger partial charge is 0.478 e. The van der Waals surface area contributed by atoms with Crippen molar-refractivity contribution in [2.24, 2.45) is 23.7 Å². The Morgan fingerprint density at radius 3 is 2.49 bits per heavy atom. The molecule has 2 heterocycles. The Kier molecular flexibility index (Phi) is 13.1. The predicted octanol–water partition coefficient (Wildman–Crippen LogP) is 7.39. The first-order valence-corrected chi connectivity index (χ1v) is 14.1. The number of hydrogen-bond donors (Lipinski definition) is 2. The van der Waals surface area contributed by atoms with Crippen LogP contribution in [0.1, 0.15) is 86.5 Å². The fraction of sp³-hybridized carbons (Fsp3) is 0.656. The molecule has 2 aliphatic heterocycles. The van der Waals surface area contributed by atoms with Gasteiger partial charge in [-0.2, -0.15) is 0 Å². The lowest BCUT2D eigenvalue weighted by Gasteiger charge is -2.49. The summed E-state index contributed by atoms with van der Waals surface area (Å²) in [4.78, 5) is 10.7. The van der Waals surface area contributed by atoms with Gasteiger partial charge in [0.2, 0.25) is 0 Å². The van der Waals surface area contributed by atoms with Crippen molar-refractivity contribution in [2.45, 2.75) is 111 Å². The van der Waals surface area contributed by atoms with Gasteiger partial charge in [-0.25, -0.2) is 4.79 Å². The molecule has 2 N–H and O–H groups in total. The highest BCUT2D eigenvalue weighted by Gasteiger charge is 2.46. The van der Waals surface area contributed by atoms with Crippen LogP contribution < -0.4 is 0 Å². The van der Waals surface area contributed by atoms with Crippen molar-refractivity contribution < 1.29 is 24.5 Å². The van der Waals surface area contributed by atoms with Gasteiger partial charge in [0, 0.05) is 24.8 Å². The van der Waals surface area contributed by atoms with Gasteiger partial charge in [-0.1, -0.05) is 88.3 Å². The highest BCUT2D eigenvalue weighted by molar-refractivity contribution is 5.79. The van der Waals surface area contributed by atoms with E-state index in [1.807, 2.05) is 26.0 Å². The molecule has 0 radical (unpaired) electrons. The zero-order chi connectivity index (χ0) is 27.4. The Bertz CT molecular complexity index is 851. The molecule has 0 aliphatic carbocycles. The maximum Gasteiger partial charge on any atom is 0.327 e. The molecule has 0 aromatic rings. The Morgan fingerprint density at radius 2 is 1.81 bits per heavy atom. The Morgan fingerprint density at radius 1 is 1.08 bits per heavy atom. The van der Waals surface area contributed by atoms with Crippen LogP contribution in [0.2, 0.25) is 0 Å². The minimum atomic E-state index is -1.01. The van der Waals surface area contributed by atoms with Crippen molar-refractivity contribution >= 4 is 5.97 Å². The average molecular weight is 515 g/mol. The Balaban J connectivity index is 2.03. The summed E-state index contributed by atoms with van der Waals surface area (Å²) >= 11 is 0. The number of hydrogen-bond acceptors (Lipinski definition) is 4. The molecule has 2 rings (SSSR count). The summed E-state index contributed by atoms with van der Waals surface area (Å²) in [6.07, 6.45) is 23.5. The van der Waals surface area contributed by atoms with Crippen LogP contribution in [-0.4, -0.2) is 40.3 Å². The molecule has 5 heteroatoms. The van der Waals surface area contributed by atoms with E-state index in [4.69, 9.17) is 14.6 Å². The Labute approximate surface area is 225 Å². The molecule has 0 saturated carbocycles. The summed E-state index contributed by atoms with van der Waals surface area (Å²) in [5.74, 6) is -0.110. The molecule has 0 amide bonds. The highest BCUT2D eigenvalue weighted by Crippen LogP contribution is 2.45. The maximum absolute atomic E-state index is 10.7. The first-order valence-electron chi connectivity index (χ1n) is 14.1. The number of rotatable bonds is 12. The van der Waals surface area contributed by atoms with Gasteiger partial charge in [-0.3, -0.25) is 0 Å². The van der Waals surface area contributed by atoms with Crippen LogP contribution in [0.4, 0.5) is 0 Å². The van der Waals surface area contributed by atoms with Crippen LogP contribution in [0.25, 0.3) is 0 Å². The van der Waals surface area contributed by atoms with Crippen molar-refractivity contribution in [2.75, 3.05) is 0 Å². The van der Waals surface area contributed by atoms with E-state index < -0.39 is 17.9 Å². The van der Waals surface area contributed by atoms with Gasteiger partial charge < -0.3 is 19.7 Å². The number of carboxylic acids is 1. The normalized spacial score (nSPS) is 31.4. The summed E-state index contributed by atoms with van der Waals surface area (Å²) < 4.78 is 13.5. The molecular formula is C32H50O5. The van der Waals surface area contributed by atoms with Crippen molar-refractivity contribution in [1.29, 1.82) is 0 Å². The summed E-state index contributed by atoms with van der Waals surface area (Å²) in [5.41, 5.74) is 1.05. The van der Waals surface area contributed by atoms with Crippen LogP contribution in [0.15, 0.2) is 60.3 Å². The molecular weight excluding hydrogens is 464 g/mol. The number of aliphatic hydroxyl groups is 1. The van der Waals surface area contributed by atoms with E-state index in [9.17, 15) is 9.90 Å². The lowest BCUT2D eigenvalue weighted by molar-refractivity contribution is -0.324. The highest BCUT2D eigenvalue weighted by atomic mass is 16.7. The first-order chi connectivity index (χ1) is 17.5. The third kappa shape index (κ3) is 10.7. The minimum absolute atomic E-state index is 0.0802. The van der Waals surface area contributed by atoms with Crippen LogP contribution in [0.5, 0.6) is 0 Å². The van der Waals surface area contributed by atoms with E-state index in [1.165, 1.54) is 18.9 Å². The van der Waals surface area contributed by atoms with E-state index in [0.29, 0.717) is 17.8 Å². The third-order valence-electron chi connectivity index (χ3n) is 7.72. The number of aliphatic hydroxyl groups excluding tert-OH is 1. The van der Waals surface area contributed by atoms with E-state index in [2.05, 4.69) is 45.1 Å². The minimum Gasteiger partial charge on any atom is -0.478 e. The predicted molar refractivity (Wildman–Crippen MR) is 151 cm³/mol. The Hall–Kier alpha value is -1.95. The summed E-state index contributed by atoms with van der Waals surface area (Å²) in [6, 6.07) is 0. The molecule has 1 spiro atoms. The van der Waals surface area contributed by atoms with Crippen LogP contribution >= 0.6 is 0 Å². The molecule has 0 aromatic carbocycles. The quantitative estimate of drug-likeness (QED) is 0.210. The number of carbonyl (C=O) groups is 1. The van der Waals surface area contributed by atoms with Crippen molar-refractivity contribution in [3.05, 3.63) is 60.3 Å². The fourth-order valence-electron chi connectivity index (χ4n) is 5.09. The zero-order valence-electron chi connectivity index (χ0n) is 23.8. The molecule has 2 saturated heterocycles. The van der Waals surface area contributed by atoms with Gasteiger partial charge in [-0.05, 0) is 57.3 Å². The summed E-state index contributed by atoms with van der Waals surface area (Å²) in [6.45, 7) is 12.7.